The van der Waals surface area contributed by atoms with E-state index < -0.39 is 10.0 Å². The van der Waals surface area contributed by atoms with Gasteiger partial charge in [-0.05, 0) is 32.9 Å². The van der Waals surface area contributed by atoms with Crippen molar-refractivity contribution in [2.75, 3.05) is 4.72 Å². The van der Waals surface area contributed by atoms with Gasteiger partial charge in [-0.25, -0.2) is 9.97 Å². The second-order valence-electron chi connectivity index (χ2n) is 5.69. The van der Waals surface area contributed by atoms with E-state index in [0.29, 0.717) is 5.69 Å². The highest BCUT2D eigenvalue weighted by atomic mass is 32.2. The summed E-state index contributed by atoms with van der Waals surface area (Å²) in [5, 5.41) is 2.93. The Bertz CT molecular complexity index is 958. The van der Waals surface area contributed by atoms with Crippen LogP contribution in [0.3, 0.4) is 0 Å². The molecule has 0 aliphatic carbocycles. The number of hydrogen-bond acceptors (Lipinski definition) is 5. The Labute approximate surface area is 145 Å². The van der Waals surface area contributed by atoms with Gasteiger partial charge in [0.15, 0.2) is 5.03 Å². The van der Waals surface area contributed by atoms with E-state index in [2.05, 4.69) is 14.7 Å². The van der Waals surface area contributed by atoms with Gasteiger partial charge >= 0.3 is 0 Å². The summed E-state index contributed by atoms with van der Waals surface area (Å²) in [5.74, 6) is 0. The van der Waals surface area contributed by atoms with Gasteiger partial charge in [-0.15, -0.1) is 11.3 Å². The zero-order valence-electron chi connectivity index (χ0n) is 13.6. The molecule has 0 aliphatic heterocycles. The summed E-state index contributed by atoms with van der Waals surface area (Å²) in [6.45, 7) is 5.86. The van der Waals surface area contributed by atoms with Crippen LogP contribution in [0.2, 0.25) is 0 Å². The zero-order chi connectivity index (χ0) is 17.3. The third-order valence-corrected chi connectivity index (χ3v) is 5.52. The summed E-state index contributed by atoms with van der Waals surface area (Å²) in [6.07, 6.45) is 3.05. The molecule has 126 valence electrons. The van der Waals surface area contributed by atoms with Crippen molar-refractivity contribution in [1.29, 1.82) is 0 Å². The normalized spacial score (nSPS) is 11.8. The number of anilines is 1. The predicted molar refractivity (Wildman–Crippen MR) is 95.7 cm³/mol. The molecule has 0 amide bonds. The highest BCUT2D eigenvalue weighted by Crippen LogP contribution is 2.25. The van der Waals surface area contributed by atoms with E-state index in [1.807, 2.05) is 32.2 Å². The lowest BCUT2D eigenvalue weighted by atomic mass is 10.1. The minimum Gasteiger partial charge on any atom is -0.334 e. The molecule has 0 fully saturated rings. The fraction of sp³-hybridized carbons (Fsp3) is 0.250. The van der Waals surface area contributed by atoms with Gasteiger partial charge in [0, 0.05) is 28.9 Å². The first kappa shape index (κ1) is 16.7. The van der Waals surface area contributed by atoms with Crippen molar-refractivity contribution in [2.24, 2.45) is 0 Å². The highest BCUT2D eigenvalue weighted by molar-refractivity contribution is 7.92. The maximum atomic E-state index is 12.5. The Hall–Kier alpha value is -2.19. The van der Waals surface area contributed by atoms with Crippen LogP contribution >= 0.6 is 11.3 Å². The van der Waals surface area contributed by atoms with E-state index in [1.54, 1.807) is 34.1 Å². The van der Waals surface area contributed by atoms with E-state index in [4.69, 9.17) is 0 Å². The van der Waals surface area contributed by atoms with Crippen molar-refractivity contribution in [1.82, 2.24) is 14.5 Å². The van der Waals surface area contributed by atoms with Crippen LogP contribution in [0.1, 0.15) is 24.9 Å². The third-order valence-electron chi connectivity index (χ3n) is 3.48. The Balaban J connectivity index is 1.87. The van der Waals surface area contributed by atoms with Crippen LogP contribution in [-0.4, -0.2) is 23.0 Å². The van der Waals surface area contributed by atoms with Gasteiger partial charge in [0.05, 0.1) is 17.0 Å². The average Bonchev–Trinajstić information content (AvgIpc) is 3.16. The molecule has 1 N–H and O–H groups in total. The van der Waals surface area contributed by atoms with Crippen molar-refractivity contribution in [3.8, 4) is 11.3 Å². The molecule has 24 heavy (non-hydrogen) atoms. The van der Waals surface area contributed by atoms with Gasteiger partial charge in [0.25, 0.3) is 10.0 Å². The quantitative estimate of drug-likeness (QED) is 0.751. The minimum absolute atomic E-state index is 0.00565. The van der Waals surface area contributed by atoms with E-state index in [9.17, 15) is 8.42 Å². The molecule has 0 bridgehead atoms. The molecule has 0 spiro atoms. The molecule has 0 radical (unpaired) electrons. The second kappa shape index (κ2) is 6.37. The van der Waals surface area contributed by atoms with Crippen LogP contribution < -0.4 is 4.72 Å². The smallest absolute Gasteiger partial charge is 0.280 e. The topological polar surface area (TPSA) is 76.9 Å². The summed E-state index contributed by atoms with van der Waals surface area (Å²) in [6, 6.07) is 7.33. The van der Waals surface area contributed by atoms with Gasteiger partial charge in [-0.2, -0.15) is 8.42 Å². The van der Waals surface area contributed by atoms with Crippen molar-refractivity contribution in [2.45, 2.75) is 31.8 Å². The summed E-state index contributed by atoms with van der Waals surface area (Å²) >= 11 is 1.56. The molecule has 0 atom stereocenters. The van der Waals surface area contributed by atoms with Gasteiger partial charge in [-0.3, -0.25) is 4.72 Å². The van der Waals surface area contributed by atoms with E-state index >= 15 is 0 Å². The third kappa shape index (κ3) is 3.49. The summed E-state index contributed by atoms with van der Waals surface area (Å²) in [7, 11) is -3.72. The molecule has 2 aromatic heterocycles. The van der Waals surface area contributed by atoms with Crippen LogP contribution in [0, 0.1) is 6.92 Å². The number of aryl methyl sites for hydroxylation is 1. The number of hydrogen-bond donors (Lipinski definition) is 1. The summed E-state index contributed by atoms with van der Waals surface area (Å²) in [5.41, 5.74) is 2.19. The number of rotatable bonds is 5. The average molecular weight is 362 g/mol. The van der Waals surface area contributed by atoms with Crippen molar-refractivity contribution < 1.29 is 8.42 Å². The number of aromatic nitrogens is 3. The van der Waals surface area contributed by atoms with Crippen LogP contribution in [0.15, 0.2) is 47.2 Å². The Kier molecular flexibility index (Phi) is 4.42. The second-order valence-corrected chi connectivity index (χ2v) is 8.38. The largest absolute Gasteiger partial charge is 0.334 e. The Morgan fingerprint density at radius 3 is 2.71 bits per heavy atom. The molecule has 8 heteroatoms. The Morgan fingerprint density at radius 2 is 2.08 bits per heavy atom. The lowest BCUT2D eigenvalue weighted by Crippen LogP contribution is -2.13. The van der Waals surface area contributed by atoms with Crippen molar-refractivity contribution in [3.05, 3.63) is 47.2 Å². The summed E-state index contributed by atoms with van der Waals surface area (Å²) < 4.78 is 29.3. The van der Waals surface area contributed by atoms with Crippen molar-refractivity contribution in [3.63, 3.8) is 0 Å². The number of nitrogens with one attached hydrogen (secondary N) is 1. The first-order chi connectivity index (χ1) is 11.3. The number of nitrogens with zero attached hydrogens (tertiary/aromatic N) is 3. The zero-order valence-corrected chi connectivity index (χ0v) is 15.2. The lowest BCUT2D eigenvalue weighted by molar-refractivity contribution is 0.591. The standard InChI is InChI=1S/C16H18N4O2S2/c1-11(2)20-8-16(17-10-20)24(21,22)19-14-6-4-5-13(7-14)15-9-23-12(3)18-15/h4-11,19H,1-3H3. The fourth-order valence-electron chi connectivity index (χ4n) is 2.18. The van der Waals surface area contributed by atoms with Crippen LogP contribution in [0.25, 0.3) is 11.3 Å². The molecular formula is C16H18N4O2S2. The molecule has 0 saturated heterocycles. The minimum atomic E-state index is -3.72. The van der Waals surface area contributed by atoms with E-state index in [-0.39, 0.29) is 11.1 Å². The molecule has 1 aromatic carbocycles. The molecule has 0 saturated carbocycles. The predicted octanol–water partition coefficient (Wildman–Crippen LogP) is 3.70. The van der Waals surface area contributed by atoms with Crippen LogP contribution in [0.5, 0.6) is 0 Å². The SMILES string of the molecule is Cc1nc(-c2cccc(NS(=O)(=O)c3cn(C(C)C)cn3)c2)cs1. The fourth-order valence-corrected chi connectivity index (χ4v) is 3.79. The van der Waals surface area contributed by atoms with Gasteiger partial charge in [-0.1, -0.05) is 12.1 Å². The Morgan fingerprint density at radius 1 is 1.29 bits per heavy atom. The molecule has 0 aliphatic rings. The number of sulfonamides is 1. The molecule has 2 heterocycles. The monoisotopic (exact) mass is 362 g/mol. The number of imidazole rings is 1. The lowest BCUT2D eigenvalue weighted by Gasteiger charge is -2.07. The molecular weight excluding hydrogens is 344 g/mol. The molecule has 3 rings (SSSR count). The summed E-state index contributed by atoms with van der Waals surface area (Å²) in [4.78, 5) is 8.42. The van der Waals surface area contributed by atoms with Gasteiger partial charge < -0.3 is 4.57 Å². The highest BCUT2D eigenvalue weighted by Gasteiger charge is 2.18. The van der Waals surface area contributed by atoms with E-state index in [0.717, 1.165) is 16.3 Å². The van der Waals surface area contributed by atoms with Crippen molar-refractivity contribution >= 4 is 27.0 Å². The number of benzene rings is 1. The molecule has 0 unspecified atom stereocenters. The maximum Gasteiger partial charge on any atom is 0.280 e. The maximum absolute atomic E-state index is 12.5. The van der Waals surface area contributed by atoms with Gasteiger partial charge in [0.2, 0.25) is 0 Å². The first-order valence-corrected chi connectivity index (χ1v) is 9.80. The molecule has 3 aromatic rings. The van der Waals surface area contributed by atoms with E-state index in [1.165, 1.54) is 12.5 Å². The van der Waals surface area contributed by atoms with Crippen LogP contribution in [-0.2, 0) is 10.0 Å². The van der Waals surface area contributed by atoms with Crippen LogP contribution in [0.4, 0.5) is 5.69 Å². The molecule has 6 nitrogen and oxygen atoms in total. The number of thiazole rings is 1. The van der Waals surface area contributed by atoms with Gasteiger partial charge in [0.1, 0.15) is 0 Å². The first-order valence-electron chi connectivity index (χ1n) is 7.44.